The van der Waals surface area contributed by atoms with E-state index in [1.165, 1.54) is 5.56 Å². The quantitative estimate of drug-likeness (QED) is 0.420. The lowest BCUT2D eigenvalue weighted by atomic mass is 10.0. The van der Waals surface area contributed by atoms with Crippen molar-refractivity contribution >= 4 is 0 Å². The molecule has 0 spiro atoms. The first-order valence-electron chi connectivity index (χ1n) is 4.74. The standard InChI is InChI=1S/C11H17N3/c1-9(2)11(14-12)6-5-10-4-3-7-13-8-10/h3-4,7-8,11,14H,1,5-6,12H2,2H3. The van der Waals surface area contributed by atoms with Crippen LogP contribution in [-0.4, -0.2) is 11.0 Å². The lowest BCUT2D eigenvalue weighted by Crippen LogP contribution is -2.36. The number of hydrazine groups is 1. The molecule has 0 aromatic carbocycles. The van der Waals surface area contributed by atoms with Gasteiger partial charge in [-0.1, -0.05) is 18.2 Å². The van der Waals surface area contributed by atoms with Crippen molar-refractivity contribution in [2.75, 3.05) is 0 Å². The number of nitrogens with zero attached hydrogens (tertiary/aromatic N) is 1. The van der Waals surface area contributed by atoms with E-state index in [9.17, 15) is 0 Å². The van der Waals surface area contributed by atoms with Crippen LogP contribution in [0.15, 0.2) is 36.7 Å². The summed E-state index contributed by atoms with van der Waals surface area (Å²) in [6, 6.07) is 4.20. The summed E-state index contributed by atoms with van der Waals surface area (Å²) in [5.41, 5.74) is 5.05. The van der Waals surface area contributed by atoms with Gasteiger partial charge in [-0.05, 0) is 31.4 Å². The Hall–Kier alpha value is -1.19. The summed E-state index contributed by atoms with van der Waals surface area (Å²) in [6.45, 7) is 5.86. The molecule has 0 saturated carbocycles. The van der Waals surface area contributed by atoms with Gasteiger partial charge in [0.1, 0.15) is 0 Å². The SMILES string of the molecule is C=C(C)C(CCc1cccnc1)NN. The number of aromatic nitrogens is 1. The lowest BCUT2D eigenvalue weighted by molar-refractivity contribution is 0.553. The van der Waals surface area contributed by atoms with Crippen molar-refractivity contribution in [3.05, 3.63) is 42.2 Å². The van der Waals surface area contributed by atoms with Crippen molar-refractivity contribution in [2.24, 2.45) is 5.84 Å². The molecule has 1 rings (SSSR count). The Balaban J connectivity index is 2.44. The summed E-state index contributed by atoms with van der Waals surface area (Å²) < 4.78 is 0. The predicted molar refractivity (Wildman–Crippen MR) is 58.5 cm³/mol. The van der Waals surface area contributed by atoms with E-state index in [0.717, 1.165) is 18.4 Å². The molecule has 0 amide bonds. The topological polar surface area (TPSA) is 50.9 Å². The molecule has 0 aliphatic rings. The van der Waals surface area contributed by atoms with Crippen LogP contribution in [0.1, 0.15) is 18.9 Å². The van der Waals surface area contributed by atoms with Gasteiger partial charge in [-0.15, -0.1) is 0 Å². The minimum atomic E-state index is 0.190. The van der Waals surface area contributed by atoms with Gasteiger partial charge in [-0.25, -0.2) is 0 Å². The summed E-state index contributed by atoms with van der Waals surface area (Å²) in [5.74, 6) is 5.41. The number of pyridine rings is 1. The van der Waals surface area contributed by atoms with Crippen LogP contribution in [0.2, 0.25) is 0 Å². The van der Waals surface area contributed by atoms with E-state index in [1.54, 1.807) is 6.20 Å². The Morgan fingerprint density at radius 2 is 2.50 bits per heavy atom. The average Bonchev–Trinajstić information content (AvgIpc) is 2.20. The summed E-state index contributed by atoms with van der Waals surface area (Å²) in [7, 11) is 0. The van der Waals surface area contributed by atoms with Crippen molar-refractivity contribution < 1.29 is 0 Å². The van der Waals surface area contributed by atoms with Crippen LogP contribution < -0.4 is 11.3 Å². The number of hydrogen-bond donors (Lipinski definition) is 2. The monoisotopic (exact) mass is 191 g/mol. The number of rotatable bonds is 5. The third-order valence-electron chi connectivity index (χ3n) is 2.24. The molecular formula is C11H17N3. The Morgan fingerprint density at radius 3 is 3.00 bits per heavy atom. The number of aryl methyl sites for hydroxylation is 1. The van der Waals surface area contributed by atoms with Crippen LogP contribution >= 0.6 is 0 Å². The molecule has 3 heteroatoms. The first-order valence-corrected chi connectivity index (χ1v) is 4.74. The first kappa shape index (κ1) is 10.9. The fourth-order valence-electron chi connectivity index (χ4n) is 1.33. The Labute approximate surface area is 85.0 Å². The van der Waals surface area contributed by atoms with Crippen LogP contribution in [0.5, 0.6) is 0 Å². The smallest absolute Gasteiger partial charge is 0.0417 e. The van der Waals surface area contributed by atoms with E-state index in [0.29, 0.717) is 0 Å². The minimum absolute atomic E-state index is 0.190. The molecular weight excluding hydrogens is 174 g/mol. The van der Waals surface area contributed by atoms with Gasteiger partial charge in [0.15, 0.2) is 0 Å². The van der Waals surface area contributed by atoms with E-state index in [1.807, 2.05) is 19.2 Å². The molecule has 14 heavy (non-hydrogen) atoms. The zero-order chi connectivity index (χ0) is 10.4. The van der Waals surface area contributed by atoms with E-state index in [4.69, 9.17) is 5.84 Å². The van der Waals surface area contributed by atoms with E-state index in [2.05, 4.69) is 23.1 Å². The highest BCUT2D eigenvalue weighted by Crippen LogP contribution is 2.07. The second-order valence-corrected chi connectivity index (χ2v) is 3.47. The lowest BCUT2D eigenvalue weighted by Gasteiger charge is -2.15. The molecule has 1 atom stereocenters. The van der Waals surface area contributed by atoms with Gasteiger partial charge in [0.05, 0.1) is 0 Å². The highest BCUT2D eigenvalue weighted by atomic mass is 15.2. The minimum Gasteiger partial charge on any atom is -0.271 e. The van der Waals surface area contributed by atoms with Crippen molar-refractivity contribution in [1.82, 2.24) is 10.4 Å². The van der Waals surface area contributed by atoms with Crippen LogP contribution in [0.25, 0.3) is 0 Å². The highest BCUT2D eigenvalue weighted by molar-refractivity contribution is 5.10. The van der Waals surface area contributed by atoms with Gasteiger partial charge in [-0.3, -0.25) is 16.3 Å². The van der Waals surface area contributed by atoms with Crippen molar-refractivity contribution in [2.45, 2.75) is 25.8 Å². The van der Waals surface area contributed by atoms with Gasteiger partial charge < -0.3 is 0 Å². The molecule has 0 saturated heterocycles. The third kappa shape index (κ3) is 3.28. The van der Waals surface area contributed by atoms with Crippen molar-refractivity contribution in [3.8, 4) is 0 Å². The summed E-state index contributed by atoms with van der Waals surface area (Å²) in [4.78, 5) is 4.06. The van der Waals surface area contributed by atoms with E-state index >= 15 is 0 Å². The van der Waals surface area contributed by atoms with Gasteiger partial charge in [0.25, 0.3) is 0 Å². The fourth-order valence-corrected chi connectivity index (χ4v) is 1.33. The van der Waals surface area contributed by atoms with Gasteiger partial charge in [0.2, 0.25) is 0 Å². The fraction of sp³-hybridized carbons (Fsp3) is 0.364. The second kappa shape index (κ2) is 5.52. The third-order valence-corrected chi connectivity index (χ3v) is 2.24. The molecule has 76 valence electrons. The second-order valence-electron chi connectivity index (χ2n) is 3.47. The molecule has 3 N–H and O–H groups in total. The van der Waals surface area contributed by atoms with Gasteiger partial charge in [0, 0.05) is 18.4 Å². The van der Waals surface area contributed by atoms with Gasteiger partial charge in [-0.2, -0.15) is 0 Å². The Bertz CT molecular complexity index is 282. The van der Waals surface area contributed by atoms with E-state index < -0.39 is 0 Å². The van der Waals surface area contributed by atoms with Crippen LogP contribution in [-0.2, 0) is 6.42 Å². The Morgan fingerprint density at radius 1 is 1.71 bits per heavy atom. The zero-order valence-corrected chi connectivity index (χ0v) is 8.53. The summed E-state index contributed by atoms with van der Waals surface area (Å²) in [6.07, 6.45) is 5.58. The molecule has 0 aliphatic heterocycles. The van der Waals surface area contributed by atoms with Crippen LogP contribution in [0.4, 0.5) is 0 Å². The first-order chi connectivity index (χ1) is 6.74. The number of nitrogens with one attached hydrogen (secondary N) is 1. The maximum absolute atomic E-state index is 5.41. The molecule has 0 bridgehead atoms. The molecule has 3 nitrogen and oxygen atoms in total. The van der Waals surface area contributed by atoms with E-state index in [-0.39, 0.29) is 6.04 Å². The molecule has 1 aromatic rings. The summed E-state index contributed by atoms with van der Waals surface area (Å²) >= 11 is 0. The van der Waals surface area contributed by atoms with Crippen LogP contribution in [0, 0.1) is 0 Å². The molecule has 1 heterocycles. The normalized spacial score (nSPS) is 12.4. The zero-order valence-electron chi connectivity index (χ0n) is 8.53. The summed E-state index contributed by atoms with van der Waals surface area (Å²) in [5, 5.41) is 0. The average molecular weight is 191 g/mol. The largest absolute Gasteiger partial charge is 0.271 e. The number of nitrogens with two attached hydrogens (primary N) is 1. The molecule has 0 radical (unpaired) electrons. The highest BCUT2D eigenvalue weighted by Gasteiger charge is 2.06. The molecule has 0 aliphatic carbocycles. The molecule has 1 aromatic heterocycles. The Kier molecular flexibility index (Phi) is 4.29. The van der Waals surface area contributed by atoms with Crippen LogP contribution in [0.3, 0.4) is 0 Å². The number of hydrogen-bond acceptors (Lipinski definition) is 3. The molecule has 0 fully saturated rings. The maximum atomic E-state index is 5.41. The maximum Gasteiger partial charge on any atom is 0.0417 e. The van der Waals surface area contributed by atoms with Crippen molar-refractivity contribution in [1.29, 1.82) is 0 Å². The molecule has 1 unspecified atom stereocenters. The predicted octanol–water partition coefficient (Wildman–Crippen LogP) is 1.42. The van der Waals surface area contributed by atoms with Gasteiger partial charge >= 0.3 is 0 Å². The van der Waals surface area contributed by atoms with Crippen molar-refractivity contribution in [3.63, 3.8) is 0 Å².